The van der Waals surface area contributed by atoms with Gasteiger partial charge in [0, 0.05) is 17.0 Å². The van der Waals surface area contributed by atoms with Gasteiger partial charge >= 0.3 is 11.9 Å². The van der Waals surface area contributed by atoms with Gasteiger partial charge in [-0.3, -0.25) is 4.79 Å². The third-order valence-corrected chi connectivity index (χ3v) is 5.00. The maximum atomic E-state index is 12.9. The van der Waals surface area contributed by atoms with E-state index < -0.39 is 17.9 Å². The Kier molecular flexibility index (Phi) is 6.92. The maximum absolute atomic E-state index is 12.9. The molecule has 6 heteroatoms. The van der Waals surface area contributed by atoms with Crippen LogP contribution in [0, 0.1) is 6.92 Å². The molecule has 0 aliphatic heterocycles. The second-order valence-electron chi connectivity index (χ2n) is 7.01. The van der Waals surface area contributed by atoms with Crippen LogP contribution in [0.4, 0.5) is 0 Å². The summed E-state index contributed by atoms with van der Waals surface area (Å²) >= 11 is 0. The van der Waals surface area contributed by atoms with Crippen molar-refractivity contribution in [3.8, 4) is 17.2 Å². The van der Waals surface area contributed by atoms with Crippen LogP contribution in [0.1, 0.15) is 39.4 Å². The van der Waals surface area contributed by atoms with E-state index in [4.69, 9.17) is 14.2 Å². The van der Waals surface area contributed by atoms with Crippen LogP contribution in [0.2, 0.25) is 0 Å². The van der Waals surface area contributed by atoms with E-state index in [1.54, 1.807) is 36.4 Å². The van der Waals surface area contributed by atoms with E-state index in [9.17, 15) is 14.7 Å². The number of aromatic carboxylic acids is 1. The number of carboxylic acid groups (broad SMARTS) is 1. The summed E-state index contributed by atoms with van der Waals surface area (Å²) < 4.78 is 16.5. The van der Waals surface area contributed by atoms with Crippen molar-refractivity contribution in [1.29, 1.82) is 0 Å². The molecule has 3 aromatic carbocycles. The highest BCUT2D eigenvalue weighted by Gasteiger charge is 2.29. The molecule has 0 saturated heterocycles. The fourth-order valence-electron chi connectivity index (χ4n) is 3.54. The van der Waals surface area contributed by atoms with Gasteiger partial charge in [0.1, 0.15) is 17.2 Å². The molecular weight excluding hydrogens is 396 g/mol. The Balaban J connectivity index is 2.07. The first-order valence-electron chi connectivity index (χ1n) is 9.75. The first-order valence-corrected chi connectivity index (χ1v) is 9.75. The Morgan fingerprint density at radius 1 is 0.871 bits per heavy atom. The molecule has 0 saturated carbocycles. The van der Waals surface area contributed by atoms with E-state index in [0.29, 0.717) is 28.4 Å². The summed E-state index contributed by atoms with van der Waals surface area (Å²) in [6.45, 7) is 1.94. The van der Waals surface area contributed by atoms with Crippen LogP contribution in [0.25, 0.3) is 0 Å². The van der Waals surface area contributed by atoms with Crippen molar-refractivity contribution in [3.05, 3.63) is 89.0 Å². The summed E-state index contributed by atoms with van der Waals surface area (Å²) in [6, 6.07) is 19.1. The minimum Gasteiger partial charge on any atom is -0.496 e. The molecule has 160 valence electrons. The number of carbonyl (C=O) groups excluding carboxylic acids is 1. The number of hydrogen-bond acceptors (Lipinski definition) is 5. The van der Waals surface area contributed by atoms with E-state index >= 15 is 0 Å². The van der Waals surface area contributed by atoms with Crippen LogP contribution in [-0.4, -0.2) is 31.3 Å². The molecule has 0 aromatic heterocycles. The molecule has 3 aromatic rings. The molecule has 0 radical (unpaired) electrons. The lowest BCUT2D eigenvalue weighted by molar-refractivity contribution is -0.134. The van der Waals surface area contributed by atoms with Crippen molar-refractivity contribution in [2.75, 3.05) is 14.2 Å². The van der Waals surface area contributed by atoms with Crippen LogP contribution in [-0.2, 0) is 4.79 Å². The van der Waals surface area contributed by atoms with E-state index in [2.05, 4.69) is 0 Å². The normalized spacial score (nSPS) is 11.5. The number of carbonyl (C=O) groups is 2. The van der Waals surface area contributed by atoms with Crippen molar-refractivity contribution in [2.45, 2.75) is 19.3 Å². The molecule has 0 amide bonds. The van der Waals surface area contributed by atoms with Gasteiger partial charge in [0.15, 0.2) is 0 Å². The topological polar surface area (TPSA) is 82.1 Å². The number of benzene rings is 3. The van der Waals surface area contributed by atoms with Gasteiger partial charge in [-0.15, -0.1) is 0 Å². The fourth-order valence-corrected chi connectivity index (χ4v) is 3.54. The van der Waals surface area contributed by atoms with Crippen LogP contribution < -0.4 is 14.2 Å². The molecule has 0 aliphatic rings. The van der Waals surface area contributed by atoms with Gasteiger partial charge in [-0.25, -0.2) is 4.79 Å². The van der Waals surface area contributed by atoms with Crippen molar-refractivity contribution in [3.63, 3.8) is 0 Å². The van der Waals surface area contributed by atoms with Crippen molar-refractivity contribution in [2.24, 2.45) is 0 Å². The largest absolute Gasteiger partial charge is 0.496 e. The van der Waals surface area contributed by atoms with Gasteiger partial charge in [-0.2, -0.15) is 0 Å². The molecule has 0 heterocycles. The van der Waals surface area contributed by atoms with Gasteiger partial charge in [0.25, 0.3) is 0 Å². The fraction of sp³-hybridized carbons (Fsp3) is 0.200. The molecule has 1 N–H and O–H groups in total. The number of hydrogen-bond donors (Lipinski definition) is 1. The van der Waals surface area contributed by atoms with Crippen molar-refractivity contribution in [1.82, 2.24) is 0 Å². The first kappa shape index (κ1) is 21.9. The SMILES string of the molecule is COc1ccccc1C(CC(=O)Oc1ccc(C)cc1)c1c(OC)cccc1C(=O)O. The Morgan fingerprint density at radius 3 is 2.16 bits per heavy atom. The molecular formula is C25H24O6. The second-order valence-corrected chi connectivity index (χ2v) is 7.01. The summed E-state index contributed by atoms with van der Waals surface area (Å²) in [4.78, 5) is 24.9. The minimum absolute atomic E-state index is 0.0541. The predicted octanol–water partition coefficient (Wildman–Crippen LogP) is 4.84. The van der Waals surface area contributed by atoms with Gasteiger partial charge in [0.05, 0.1) is 26.2 Å². The zero-order valence-corrected chi connectivity index (χ0v) is 17.6. The molecule has 0 bridgehead atoms. The zero-order chi connectivity index (χ0) is 22.4. The highest BCUT2D eigenvalue weighted by atomic mass is 16.5. The second kappa shape index (κ2) is 9.80. The van der Waals surface area contributed by atoms with Crippen LogP contribution in [0.3, 0.4) is 0 Å². The lowest BCUT2D eigenvalue weighted by atomic mass is 9.84. The summed E-state index contributed by atoms with van der Waals surface area (Å²) in [6.07, 6.45) is -0.102. The number of ether oxygens (including phenoxy) is 3. The predicted molar refractivity (Wildman–Crippen MR) is 116 cm³/mol. The van der Waals surface area contributed by atoms with E-state index in [1.165, 1.54) is 20.3 Å². The van der Waals surface area contributed by atoms with Crippen LogP contribution >= 0.6 is 0 Å². The van der Waals surface area contributed by atoms with Crippen molar-refractivity contribution >= 4 is 11.9 Å². The third-order valence-electron chi connectivity index (χ3n) is 5.00. The van der Waals surface area contributed by atoms with E-state index in [0.717, 1.165) is 5.56 Å². The Morgan fingerprint density at radius 2 is 1.52 bits per heavy atom. The Hall–Kier alpha value is -3.80. The zero-order valence-electron chi connectivity index (χ0n) is 17.6. The number of para-hydroxylation sites is 1. The van der Waals surface area contributed by atoms with Crippen LogP contribution in [0.15, 0.2) is 66.7 Å². The molecule has 1 unspecified atom stereocenters. The molecule has 0 spiro atoms. The minimum atomic E-state index is -1.11. The first-order chi connectivity index (χ1) is 14.9. The number of aryl methyl sites for hydroxylation is 1. The Labute approximate surface area is 181 Å². The number of methoxy groups -OCH3 is 2. The van der Waals surface area contributed by atoms with Crippen molar-refractivity contribution < 1.29 is 28.9 Å². The summed E-state index contributed by atoms with van der Waals surface area (Å²) in [5, 5.41) is 9.80. The average molecular weight is 420 g/mol. The van der Waals surface area contributed by atoms with Gasteiger partial charge in [-0.1, -0.05) is 42.0 Å². The molecule has 6 nitrogen and oxygen atoms in total. The van der Waals surface area contributed by atoms with E-state index in [-0.39, 0.29) is 12.0 Å². The smallest absolute Gasteiger partial charge is 0.336 e. The van der Waals surface area contributed by atoms with Gasteiger partial charge in [0.2, 0.25) is 0 Å². The molecule has 31 heavy (non-hydrogen) atoms. The quantitative estimate of drug-likeness (QED) is 0.415. The summed E-state index contributed by atoms with van der Waals surface area (Å²) in [5.41, 5.74) is 2.16. The molecule has 0 aliphatic carbocycles. The Bertz CT molecular complexity index is 1070. The summed E-state index contributed by atoms with van der Waals surface area (Å²) in [5.74, 6) is -0.927. The molecule has 0 fully saturated rings. The number of carboxylic acids is 1. The molecule has 1 atom stereocenters. The monoisotopic (exact) mass is 420 g/mol. The van der Waals surface area contributed by atoms with Gasteiger partial charge in [-0.05, 0) is 37.3 Å². The van der Waals surface area contributed by atoms with Gasteiger partial charge < -0.3 is 19.3 Å². The number of esters is 1. The molecule has 3 rings (SSSR count). The third kappa shape index (κ3) is 5.04. The highest BCUT2D eigenvalue weighted by Crippen LogP contribution is 2.41. The number of rotatable bonds is 8. The standard InChI is InChI=1S/C25H24O6/c1-16-11-13-17(14-12-16)31-23(26)15-20(18-7-4-5-9-21(18)29-2)24-19(25(27)28)8-6-10-22(24)30-3/h4-14,20H,15H2,1-3H3,(H,27,28). The maximum Gasteiger partial charge on any atom is 0.336 e. The lowest BCUT2D eigenvalue weighted by Crippen LogP contribution is -2.18. The van der Waals surface area contributed by atoms with E-state index in [1.807, 2.05) is 31.2 Å². The lowest BCUT2D eigenvalue weighted by Gasteiger charge is -2.23. The summed E-state index contributed by atoms with van der Waals surface area (Å²) in [7, 11) is 3.00. The highest BCUT2D eigenvalue weighted by molar-refractivity contribution is 5.91. The average Bonchev–Trinajstić information content (AvgIpc) is 2.78. The van der Waals surface area contributed by atoms with Crippen LogP contribution in [0.5, 0.6) is 17.2 Å².